The lowest BCUT2D eigenvalue weighted by Gasteiger charge is -2.25. The van der Waals surface area contributed by atoms with Crippen LogP contribution in [0.25, 0.3) is 22.3 Å². The molecule has 1 aliphatic rings. The monoisotopic (exact) mass is 352 g/mol. The summed E-state index contributed by atoms with van der Waals surface area (Å²) >= 11 is 0. The number of nitrogens with zero attached hydrogens (tertiary/aromatic N) is 6. The summed E-state index contributed by atoms with van der Waals surface area (Å²) in [7, 11) is 1.82. The fourth-order valence-corrected chi connectivity index (χ4v) is 3.03. The van der Waals surface area contributed by atoms with Crippen molar-refractivity contribution in [2.75, 3.05) is 32.8 Å². The second-order valence-electron chi connectivity index (χ2n) is 6.45. The Morgan fingerprint density at radius 1 is 1.23 bits per heavy atom. The van der Waals surface area contributed by atoms with Crippen LogP contribution in [0.4, 0.5) is 0 Å². The van der Waals surface area contributed by atoms with Crippen molar-refractivity contribution >= 4 is 16.7 Å². The van der Waals surface area contributed by atoms with Gasteiger partial charge in [0.25, 0.3) is 0 Å². The molecule has 3 aromatic rings. The van der Waals surface area contributed by atoms with Gasteiger partial charge in [0.05, 0.1) is 43.6 Å². The first-order valence-corrected chi connectivity index (χ1v) is 8.61. The van der Waals surface area contributed by atoms with Crippen LogP contribution in [0.1, 0.15) is 5.69 Å². The van der Waals surface area contributed by atoms with Crippen LogP contribution >= 0.6 is 0 Å². The van der Waals surface area contributed by atoms with E-state index in [9.17, 15) is 4.79 Å². The molecule has 0 radical (unpaired) electrons. The van der Waals surface area contributed by atoms with Crippen molar-refractivity contribution in [1.82, 2.24) is 29.9 Å². The number of carbonyl (C=O) groups is 1. The lowest BCUT2D eigenvalue weighted by molar-refractivity contribution is -0.120. The van der Waals surface area contributed by atoms with E-state index in [-0.39, 0.29) is 5.78 Å². The average molecular weight is 352 g/mol. The van der Waals surface area contributed by atoms with Gasteiger partial charge < -0.3 is 4.74 Å². The van der Waals surface area contributed by atoms with Gasteiger partial charge in [-0.2, -0.15) is 0 Å². The highest BCUT2D eigenvalue weighted by Gasteiger charge is 2.15. The predicted octanol–water partition coefficient (Wildman–Crippen LogP) is 0.869. The van der Waals surface area contributed by atoms with E-state index in [1.54, 1.807) is 10.9 Å². The Morgan fingerprint density at radius 2 is 2.08 bits per heavy atom. The van der Waals surface area contributed by atoms with Crippen LogP contribution < -0.4 is 0 Å². The third-order valence-corrected chi connectivity index (χ3v) is 4.38. The Balaban J connectivity index is 1.51. The molecule has 0 spiro atoms. The molecule has 3 aromatic heterocycles. The molecular formula is C18H20N6O2. The number of pyridine rings is 2. The molecule has 0 amide bonds. The molecule has 1 saturated heterocycles. The van der Waals surface area contributed by atoms with E-state index in [0.29, 0.717) is 26.2 Å². The molecule has 1 fully saturated rings. The SMILES string of the molecule is Cn1cc(-c2ccc3cnc(CC(=O)CN4CCOCC4)cc3n2)nn1. The third kappa shape index (κ3) is 3.76. The number of carbonyl (C=O) groups excluding carboxylic acids is 1. The van der Waals surface area contributed by atoms with Crippen molar-refractivity contribution in [1.29, 1.82) is 0 Å². The highest BCUT2D eigenvalue weighted by atomic mass is 16.5. The van der Waals surface area contributed by atoms with Gasteiger partial charge in [-0.3, -0.25) is 19.4 Å². The number of aryl methyl sites for hydroxylation is 1. The highest BCUT2D eigenvalue weighted by Crippen LogP contribution is 2.19. The van der Waals surface area contributed by atoms with Crippen LogP contribution in [0, 0.1) is 0 Å². The number of fused-ring (bicyclic) bond motifs is 1. The number of Topliss-reactive ketones (excluding diaryl/α,β-unsaturated/α-hetero) is 1. The van der Waals surface area contributed by atoms with Crippen molar-refractivity contribution in [3.05, 3.63) is 36.3 Å². The van der Waals surface area contributed by atoms with Gasteiger partial charge in [0.1, 0.15) is 5.69 Å². The Hall–Kier alpha value is -2.71. The molecule has 8 nitrogen and oxygen atoms in total. The maximum Gasteiger partial charge on any atom is 0.152 e. The predicted molar refractivity (Wildman–Crippen MR) is 95.5 cm³/mol. The number of morpholine rings is 1. The van der Waals surface area contributed by atoms with Crippen molar-refractivity contribution in [3.63, 3.8) is 0 Å². The number of rotatable bonds is 5. The van der Waals surface area contributed by atoms with E-state index >= 15 is 0 Å². The fourth-order valence-electron chi connectivity index (χ4n) is 3.03. The highest BCUT2D eigenvalue weighted by molar-refractivity contribution is 5.85. The maximum absolute atomic E-state index is 12.3. The number of hydrogen-bond acceptors (Lipinski definition) is 7. The summed E-state index contributed by atoms with van der Waals surface area (Å²) < 4.78 is 6.95. The first kappa shape index (κ1) is 16.7. The summed E-state index contributed by atoms with van der Waals surface area (Å²) in [6.45, 7) is 3.43. The Bertz CT molecular complexity index is 932. The zero-order valence-corrected chi connectivity index (χ0v) is 14.6. The quantitative estimate of drug-likeness (QED) is 0.673. The summed E-state index contributed by atoms with van der Waals surface area (Å²) in [6.07, 6.45) is 3.90. The first-order valence-electron chi connectivity index (χ1n) is 8.61. The third-order valence-electron chi connectivity index (χ3n) is 4.38. The van der Waals surface area contributed by atoms with E-state index in [2.05, 4.69) is 25.2 Å². The molecule has 0 bridgehead atoms. The molecule has 0 unspecified atom stereocenters. The number of hydrogen-bond donors (Lipinski definition) is 0. The van der Waals surface area contributed by atoms with Crippen molar-refractivity contribution < 1.29 is 9.53 Å². The molecule has 0 aromatic carbocycles. The van der Waals surface area contributed by atoms with Gasteiger partial charge in [0.2, 0.25) is 0 Å². The molecule has 8 heteroatoms. The molecule has 0 N–H and O–H groups in total. The molecular weight excluding hydrogens is 332 g/mol. The zero-order chi connectivity index (χ0) is 17.9. The van der Waals surface area contributed by atoms with Crippen molar-refractivity contribution in [2.45, 2.75) is 6.42 Å². The van der Waals surface area contributed by atoms with Gasteiger partial charge in [0, 0.05) is 37.4 Å². The van der Waals surface area contributed by atoms with E-state index in [1.807, 2.05) is 31.4 Å². The minimum absolute atomic E-state index is 0.156. The van der Waals surface area contributed by atoms with Crippen LogP contribution in [-0.4, -0.2) is 68.5 Å². The van der Waals surface area contributed by atoms with Crippen LogP contribution in [-0.2, 0) is 23.0 Å². The van der Waals surface area contributed by atoms with Gasteiger partial charge in [-0.05, 0) is 18.2 Å². The smallest absolute Gasteiger partial charge is 0.152 e. The molecule has 4 heterocycles. The van der Waals surface area contributed by atoms with E-state index in [1.165, 1.54) is 0 Å². The zero-order valence-electron chi connectivity index (χ0n) is 14.6. The number of aromatic nitrogens is 5. The average Bonchev–Trinajstić information content (AvgIpc) is 3.08. The van der Waals surface area contributed by atoms with Gasteiger partial charge in [-0.25, -0.2) is 4.98 Å². The molecule has 1 aliphatic heterocycles. The first-order chi connectivity index (χ1) is 12.7. The Labute approximate surface area is 150 Å². The largest absolute Gasteiger partial charge is 0.379 e. The molecule has 26 heavy (non-hydrogen) atoms. The van der Waals surface area contributed by atoms with Crippen LogP contribution in [0.15, 0.2) is 30.6 Å². The Morgan fingerprint density at radius 3 is 2.85 bits per heavy atom. The second-order valence-corrected chi connectivity index (χ2v) is 6.45. The topological polar surface area (TPSA) is 86.0 Å². The summed E-state index contributed by atoms with van der Waals surface area (Å²) in [5, 5.41) is 8.97. The van der Waals surface area contributed by atoms with Crippen LogP contribution in [0.3, 0.4) is 0 Å². The van der Waals surface area contributed by atoms with Gasteiger partial charge in [0.15, 0.2) is 5.78 Å². The molecule has 134 valence electrons. The standard InChI is InChI=1S/C18H20N6O2/c1-23-12-18(21-22-23)16-3-2-13-10-19-14(9-17(13)20-16)8-15(25)11-24-4-6-26-7-5-24/h2-3,9-10,12H,4-8,11H2,1H3. The summed E-state index contributed by atoms with van der Waals surface area (Å²) in [4.78, 5) is 23.5. The molecule has 4 rings (SSSR count). The van der Waals surface area contributed by atoms with Crippen LogP contribution in [0.5, 0.6) is 0 Å². The maximum atomic E-state index is 12.3. The van der Waals surface area contributed by atoms with Crippen molar-refractivity contribution in [3.8, 4) is 11.4 Å². The van der Waals surface area contributed by atoms with Crippen molar-refractivity contribution in [2.24, 2.45) is 7.05 Å². The lowest BCUT2D eigenvalue weighted by atomic mass is 10.1. The lowest BCUT2D eigenvalue weighted by Crippen LogP contribution is -2.39. The normalized spacial score (nSPS) is 15.4. The van der Waals surface area contributed by atoms with E-state index in [4.69, 9.17) is 4.74 Å². The second kappa shape index (κ2) is 7.27. The molecule has 0 atom stereocenters. The van der Waals surface area contributed by atoms with Gasteiger partial charge >= 0.3 is 0 Å². The summed E-state index contributed by atoms with van der Waals surface area (Å²) in [6, 6.07) is 5.74. The van der Waals surface area contributed by atoms with Crippen LogP contribution in [0.2, 0.25) is 0 Å². The number of ketones is 1. The molecule has 0 aliphatic carbocycles. The minimum Gasteiger partial charge on any atom is -0.379 e. The van der Waals surface area contributed by atoms with E-state index < -0.39 is 0 Å². The number of ether oxygens (including phenoxy) is 1. The fraction of sp³-hybridized carbons (Fsp3) is 0.389. The van der Waals surface area contributed by atoms with E-state index in [0.717, 1.165) is 41.1 Å². The summed E-state index contributed by atoms with van der Waals surface area (Å²) in [5.74, 6) is 0.156. The van der Waals surface area contributed by atoms with Gasteiger partial charge in [-0.15, -0.1) is 5.10 Å². The Kier molecular flexibility index (Phi) is 4.68. The molecule has 0 saturated carbocycles. The summed E-state index contributed by atoms with van der Waals surface area (Å²) in [5.41, 5.74) is 3.01. The van der Waals surface area contributed by atoms with Gasteiger partial charge in [-0.1, -0.05) is 5.21 Å². The minimum atomic E-state index is 0.156.